The smallest absolute Gasteiger partial charge is 0.124 e. The molecule has 2 aromatic rings. The molecule has 0 spiro atoms. The van der Waals surface area contributed by atoms with E-state index in [0.29, 0.717) is 6.61 Å². The molecule has 118 valence electrons. The lowest BCUT2D eigenvalue weighted by atomic mass is 10.1. The molecular formula is C19H26N2O. The van der Waals surface area contributed by atoms with Crippen molar-refractivity contribution in [3.05, 3.63) is 65.2 Å². The summed E-state index contributed by atoms with van der Waals surface area (Å²) in [6.07, 6.45) is 1.13. The standard InChI is InChI=1S/C19H26N2O/c1-16-7-5-8-17(13-16)15-22-19-10-4-3-9-18(19)14-21-12-6-11-20-2/h3-5,7-10,13,20-21H,6,11-12,14-15H2,1-2H3. The highest BCUT2D eigenvalue weighted by Crippen LogP contribution is 2.19. The normalized spacial score (nSPS) is 10.6. The van der Waals surface area contributed by atoms with Crippen LogP contribution in [0.25, 0.3) is 0 Å². The molecule has 0 atom stereocenters. The minimum atomic E-state index is 0.610. The Kier molecular flexibility index (Phi) is 6.94. The van der Waals surface area contributed by atoms with Crippen LogP contribution in [0.15, 0.2) is 48.5 Å². The number of rotatable bonds is 9. The third-order valence-corrected chi connectivity index (χ3v) is 3.55. The summed E-state index contributed by atoms with van der Waals surface area (Å²) < 4.78 is 6.00. The number of ether oxygens (including phenoxy) is 1. The average Bonchev–Trinajstić information content (AvgIpc) is 2.54. The zero-order chi connectivity index (χ0) is 15.6. The van der Waals surface area contributed by atoms with Crippen molar-refractivity contribution in [1.82, 2.24) is 10.6 Å². The van der Waals surface area contributed by atoms with E-state index in [4.69, 9.17) is 4.74 Å². The van der Waals surface area contributed by atoms with Crippen molar-refractivity contribution in [2.45, 2.75) is 26.5 Å². The topological polar surface area (TPSA) is 33.3 Å². The molecule has 0 amide bonds. The van der Waals surface area contributed by atoms with E-state index in [-0.39, 0.29) is 0 Å². The van der Waals surface area contributed by atoms with Crippen molar-refractivity contribution in [3.8, 4) is 5.75 Å². The molecule has 0 unspecified atom stereocenters. The molecule has 0 aromatic heterocycles. The fraction of sp³-hybridized carbons (Fsp3) is 0.368. The monoisotopic (exact) mass is 298 g/mol. The SMILES string of the molecule is CNCCCNCc1ccccc1OCc1cccc(C)c1. The Morgan fingerprint density at radius 2 is 1.86 bits per heavy atom. The molecule has 22 heavy (non-hydrogen) atoms. The molecule has 2 rings (SSSR count). The van der Waals surface area contributed by atoms with E-state index >= 15 is 0 Å². The molecule has 0 saturated carbocycles. The first-order valence-corrected chi connectivity index (χ1v) is 7.91. The molecule has 0 radical (unpaired) electrons. The maximum atomic E-state index is 6.00. The van der Waals surface area contributed by atoms with Gasteiger partial charge in [0.05, 0.1) is 0 Å². The van der Waals surface area contributed by atoms with Crippen LogP contribution >= 0.6 is 0 Å². The van der Waals surface area contributed by atoms with Gasteiger partial charge in [-0.05, 0) is 45.1 Å². The number of para-hydroxylation sites is 1. The van der Waals surface area contributed by atoms with Gasteiger partial charge in [0.15, 0.2) is 0 Å². The fourth-order valence-corrected chi connectivity index (χ4v) is 2.37. The highest BCUT2D eigenvalue weighted by molar-refractivity contribution is 5.33. The van der Waals surface area contributed by atoms with Crippen molar-refractivity contribution in [3.63, 3.8) is 0 Å². The van der Waals surface area contributed by atoms with E-state index in [9.17, 15) is 0 Å². The molecule has 2 aromatic carbocycles. The van der Waals surface area contributed by atoms with Gasteiger partial charge in [0.25, 0.3) is 0 Å². The summed E-state index contributed by atoms with van der Waals surface area (Å²) in [5.41, 5.74) is 3.68. The minimum absolute atomic E-state index is 0.610. The van der Waals surface area contributed by atoms with Crippen molar-refractivity contribution >= 4 is 0 Å². The van der Waals surface area contributed by atoms with E-state index in [1.165, 1.54) is 16.7 Å². The summed E-state index contributed by atoms with van der Waals surface area (Å²) in [6, 6.07) is 16.7. The number of aryl methyl sites for hydroxylation is 1. The van der Waals surface area contributed by atoms with E-state index < -0.39 is 0 Å². The molecule has 3 nitrogen and oxygen atoms in total. The van der Waals surface area contributed by atoms with Gasteiger partial charge in [-0.15, -0.1) is 0 Å². The molecule has 0 bridgehead atoms. The van der Waals surface area contributed by atoms with Crippen LogP contribution in [0.1, 0.15) is 23.1 Å². The van der Waals surface area contributed by atoms with Crippen LogP contribution in [-0.2, 0) is 13.2 Å². The fourth-order valence-electron chi connectivity index (χ4n) is 2.37. The second kappa shape index (κ2) is 9.23. The lowest BCUT2D eigenvalue weighted by Gasteiger charge is -2.12. The molecule has 0 aliphatic rings. The first-order valence-electron chi connectivity index (χ1n) is 7.91. The van der Waals surface area contributed by atoms with Crippen LogP contribution < -0.4 is 15.4 Å². The van der Waals surface area contributed by atoms with Gasteiger partial charge in [0.2, 0.25) is 0 Å². The third kappa shape index (κ3) is 5.51. The summed E-state index contributed by atoms with van der Waals surface area (Å²) in [5.74, 6) is 0.963. The number of benzene rings is 2. The molecule has 0 fully saturated rings. The highest BCUT2D eigenvalue weighted by atomic mass is 16.5. The maximum absolute atomic E-state index is 6.00. The molecule has 0 heterocycles. The lowest BCUT2D eigenvalue weighted by molar-refractivity contribution is 0.302. The molecule has 3 heteroatoms. The van der Waals surface area contributed by atoms with Gasteiger partial charge in [0, 0.05) is 12.1 Å². The second-order valence-electron chi connectivity index (χ2n) is 5.52. The van der Waals surface area contributed by atoms with Gasteiger partial charge >= 0.3 is 0 Å². The molecule has 0 aliphatic carbocycles. The lowest BCUT2D eigenvalue weighted by Crippen LogP contribution is -2.19. The number of hydrogen-bond acceptors (Lipinski definition) is 3. The zero-order valence-electron chi connectivity index (χ0n) is 13.6. The first-order chi connectivity index (χ1) is 10.8. The van der Waals surface area contributed by atoms with Gasteiger partial charge in [0.1, 0.15) is 12.4 Å². The predicted molar refractivity (Wildman–Crippen MR) is 92.2 cm³/mol. The Morgan fingerprint density at radius 3 is 2.68 bits per heavy atom. The van der Waals surface area contributed by atoms with Gasteiger partial charge in [-0.25, -0.2) is 0 Å². The minimum Gasteiger partial charge on any atom is -0.489 e. The van der Waals surface area contributed by atoms with E-state index in [0.717, 1.165) is 31.8 Å². The van der Waals surface area contributed by atoms with Crippen molar-refractivity contribution < 1.29 is 4.74 Å². The summed E-state index contributed by atoms with van der Waals surface area (Å²) in [7, 11) is 1.98. The molecule has 0 aliphatic heterocycles. The van der Waals surface area contributed by atoms with Crippen molar-refractivity contribution in [2.24, 2.45) is 0 Å². The highest BCUT2D eigenvalue weighted by Gasteiger charge is 2.03. The predicted octanol–water partition coefficient (Wildman–Crippen LogP) is 3.27. The van der Waals surface area contributed by atoms with E-state index in [2.05, 4.69) is 54.0 Å². The van der Waals surface area contributed by atoms with Crippen LogP contribution in [-0.4, -0.2) is 20.1 Å². The Hall–Kier alpha value is -1.84. The zero-order valence-corrected chi connectivity index (χ0v) is 13.6. The van der Waals surface area contributed by atoms with Crippen LogP contribution in [0, 0.1) is 6.92 Å². The van der Waals surface area contributed by atoms with Crippen molar-refractivity contribution in [1.29, 1.82) is 0 Å². The van der Waals surface area contributed by atoms with Crippen LogP contribution in [0.3, 0.4) is 0 Å². The summed E-state index contributed by atoms with van der Waals surface area (Å²) in [4.78, 5) is 0. The Balaban J connectivity index is 1.87. The van der Waals surface area contributed by atoms with E-state index in [1.54, 1.807) is 0 Å². The van der Waals surface area contributed by atoms with Crippen LogP contribution in [0.5, 0.6) is 5.75 Å². The van der Waals surface area contributed by atoms with Gasteiger partial charge < -0.3 is 15.4 Å². The number of nitrogens with one attached hydrogen (secondary N) is 2. The van der Waals surface area contributed by atoms with E-state index in [1.807, 2.05) is 19.2 Å². The van der Waals surface area contributed by atoms with Crippen LogP contribution in [0.2, 0.25) is 0 Å². The number of hydrogen-bond donors (Lipinski definition) is 2. The Bertz CT molecular complexity index is 569. The molecule has 2 N–H and O–H groups in total. The van der Waals surface area contributed by atoms with Gasteiger partial charge in [-0.1, -0.05) is 48.0 Å². The third-order valence-electron chi connectivity index (χ3n) is 3.55. The molecular weight excluding hydrogens is 272 g/mol. The summed E-state index contributed by atoms with van der Waals surface area (Å²) >= 11 is 0. The Morgan fingerprint density at radius 1 is 1.00 bits per heavy atom. The Labute approximate surface area is 133 Å². The summed E-state index contributed by atoms with van der Waals surface area (Å²) in [5, 5.41) is 6.62. The van der Waals surface area contributed by atoms with Gasteiger partial charge in [-0.2, -0.15) is 0 Å². The maximum Gasteiger partial charge on any atom is 0.124 e. The van der Waals surface area contributed by atoms with Crippen LogP contribution in [0.4, 0.5) is 0 Å². The largest absolute Gasteiger partial charge is 0.489 e. The quantitative estimate of drug-likeness (QED) is 0.697. The first kappa shape index (κ1) is 16.5. The molecule has 0 saturated heterocycles. The van der Waals surface area contributed by atoms with Crippen molar-refractivity contribution in [2.75, 3.05) is 20.1 Å². The summed E-state index contributed by atoms with van der Waals surface area (Å²) in [6.45, 7) is 5.60. The average molecular weight is 298 g/mol. The van der Waals surface area contributed by atoms with Gasteiger partial charge in [-0.3, -0.25) is 0 Å². The second-order valence-corrected chi connectivity index (χ2v) is 5.52.